The number of rotatable bonds is 4. The van der Waals surface area contributed by atoms with Crippen LogP contribution in [0.1, 0.15) is 60.8 Å². The van der Waals surface area contributed by atoms with Gasteiger partial charge in [-0.25, -0.2) is 4.39 Å². The number of primary amides is 1. The molecule has 1 unspecified atom stereocenters. The first kappa shape index (κ1) is 26.5. The van der Waals surface area contributed by atoms with E-state index in [1.54, 1.807) is 0 Å². The number of halogens is 1. The number of benzene rings is 1. The number of carbonyl (C=O) groups excluding carboxylic acids is 4. The SMILES string of the molecule is NC(=O)C1=C(O)[C@@]2(O)C(=O)C3=C(O)c4c(O)c5c(c(F)c4CC3C[C@H]2CC1=O)CN(C(=O)CNC1CCCC1)C5. The zero-order valence-corrected chi connectivity index (χ0v) is 21.6. The molecule has 0 radical (unpaired) electrons. The third kappa shape index (κ3) is 3.62. The summed E-state index contributed by atoms with van der Waals surface area (Å²) in [7, 11) is 0. The van der Waals surface area contributed by atoms with E-state index in [1.807, 2.05) is 0 Å². The number of hydrogen-bond donors (Lipinski definition) is 6. The molecule has 2 saturated carbocycles. The Labute approximate surface area is 228 Å². The van der Waals surface area contributed by atoms with Crippen molar-refractivity contribution in [3.63, 3.8) is 0 Å². The van der Waals surface area contributed by atoms with Crippen molar-refractivity contribution < 1.29 is 44.0 Å². The Morgan fingerprint density at radius 2 is 1.73 bits per heavy atom. The van der Waals surface area contributed by atoms with Crippen LogP contribution in [0.15, 0.2) is 16.9 Å². The van der Waals surface area contributed by atoms with Crippen molar-refractivity contribution >= 4 is 29.1 Å². The maximum atomic E-state index is 15.9. The van der Waals surface area contributed by atoms with Crippen LogP contribution in [-0.2, 0) is 38.7 Å². The van der Waals surface area contributed by atoms with Crippen LogP contribution in [0.2, 0.25) is 0 Å². The van der Waals surface area contributed by atoms with E-state index in [4.69, 9.17) is 5.73 Å². The number of phenolic OH excluding ortho intramolecular Hbond substituents is 1. The van der Waals surface area contributed by atoms with Crippen molar-refractivity contribution in [1.29, 1.82) is 0 Å². The molecule has 4 aliphatic carbocycles. The second-order valence-electron chi connectivity index (χ2n) is 11.5. The van der Waals surface area contributed by atoms with Gasteiger partial charge in [-0.15, -0.1) is 0 Å². The molecule has 1 aliphatic heterocycles. The number of nitrogens with two attached hydrogens (primary N) is 1. The van der Waals surface area contributed by atoms with Gasteiger partial charge in [0.2, 0.25) is 11.7 Å². The Kier molecular flexibility index (Phi) is 6.04. The van der Waals surface area contributed by atoms with Gasteiger partial charge in [0.05, 0.1) is 18.7 Å². The smallest absolute Gasteiger partial charge is 0.255 e. The maximum absolute atomic E-state index is 15.9. The van der Waals surface area contributed by atoms with Gasteiger partial charge in [0.1, 0.15) is 28.7 Å². The second-order valence-corrected chi connectivity index (χ2v) is 11.5. The van der Waals surface area contributed by atoms with Crippen LogP contribution in [-0.4, -0.2) is 66.9 Å². The van der Waals surface area contributed by atoms with Crippen LogP contribution in [0.3, 0.4) is 0 Å². The zero-order chi connectivity index (χ0) is 28.7. The van der Waals surface area contributed by atoms with E-state index in [2.05, 4.69) is 5.32 Å². The number of aromatic hydroxyl groups is 1. The van der Waals surface area contributed by atoms with E-state index in [0.29, 0.717) is 0 Å². The average molecular weight is 556 g/mol. The van der Waals surface area contributed by atoms with Crippen LogP contribution in [0.4, 0.5) is 4.39 Å². The molecule has 3 atom stereocenters. The van der Waals surface area contributed by atoms with Crippen molar-refractivity contribution in [2.75, 3.05) is 6.54 Å². The number of Topliss-reactive ketones (excluding diaryl/α,β-unsaturated/α-hetero) is 2. The molecule has 0 saturated heterocycles. The van der Waals surface area contributed by atoms with Gasteiger partial charge in [-0.3, -0.25) is 19.2 Å². The highest BCUT2D eigenvalue weighted by Crippen LogP contribution is 2.53. The summed E-state index contributed by atoms with van der Waals surface area (Å²) in [5.74, 6) is -8.57. The van der Waals surface area contributed by atoms with E-state index in [0.717, 1.165) is 25.7 Å². The summed E-state index contributed by atoms with van der Waals surface area (Å²) in [6.45, 7) is -0.0642. The zero-order valence-electron chi connectivity index (χ0n) is 21.6. The van der Waals surface area contributed by atoms with Gasteiger partial charge < -0.3 is 36.4 Å². The monoisotopic (exact) mass is 555 g/mol. The lowest BCUT2D eigenvalue weighted by Gasteiger charge is -2.46. The number of hydrogen-bond acceptors (Lipinski definition) is 9. The largest absolute Gasteiger partial charge is 0.508 e. The lowest BCUT2D eigenvalue weighted by atomic mass is 9.59. The highest BCUT2D eigenvalue weighted by Gasteiger charge is 2.60. The van der Waals surface area contributed by atoms with Crippen molar-refractivity contribution in [1.82, 2.24) is 10.2 Å². The molecule has 212 valence electrons. The Morgan fingerprint density at radius 3 is 2.40 bits per heavy atom. The number of phenols is 1. The fourth-order valence-corrected chi connectivity index (χ4v) is 7.24. The molecule has 2 amide bonds. The fourth-order valence-electron chi connectivity index (χ4n) is 7.24. The molecule has 0 bridgehead atoms. The number of carbonyl (C=O) groups is 4. The van der Waals surface area contributed by atoms with Gasteiger partial charge in [0.25, 0.3) is 5.91 Å². The van der Waals surface area contributed by atoms with E-state index >= 15 is 4.39 Å². The minimum absolute atomic E-state index is 0.0288. The molecule has 1 heterocycles. The summed E-state index contributed by atoms with van der Waals surface area (Å²) in [5, 5.41) is 47.6. The summed E-state index contributed by atoms with van der Waals surface area (Å²) in [6, 6.07) is 0.262. The standard InChI is InChI=1S/C28H30FN3O8/c29-22-14-6-11-5-12-7-17(33)21(27(30)39)26(38)28(12,40)25(37)19(11)24(36)20(14)23(35)16-10-32(9-15(16)22)18(34)8-31-13-3-1-2-4-13/h11-13,31,35-36,38,40H,1-10H2,(H2,30,39)/t11?,12-,28-/m0/s1. The Hall–Kier alpha value is -3.77. The van der Waals surface area contributed by atoms with E-state index in [1.165, 1.54) is 4.90 Å². The van der Waals surface area contributed by atoms with Gasteiger partial charge in [-0.2, -0.15) is 0 Å². The Balaban J connectivity index is 1.36. The molecule has 6 rings (SSSR count). The van der Waals surface area contributed by atoms with Crippen molar-refractivity contribution in [3.05, 3.63) is 45.0 Å². The molecule has 12 heteroatoms. The van der Waals surface area contributed by atoms with Gasteiger partial charge >= 0.3 is 0 Å². The first-order valence-corrected chi connectivity index (χ1v) is 13.5. The molecule has 5 aliphatic rings. The summed E-state index contributed by atoms with van der Waals surface area (Å²) in [5.41, 5.74) is 1.23. The number of fused-ring (bicyclic) bond motifs is 4. The van der Waals surface area contributed by atoms with Crippen molar-refractivity contribution in [2.24, 2.45) is 17.6 Å². The molecule has 11 nitrogen and oxygen atoms in total. The topological polar surface area (TPSA) is 190 Å². The fraction of sp³-hybridized carbons (Fsp3) is 0.500. The minimum Gasteiger partial charge on any atom is -0.508 e. The highest BCUT2D eigenvalue weighted by molar-refractivity contribution is 6.22. The Bertz CT molecular complexity index is 1460. The van der Waals surface area contributed by atoms with Crippen LogP contribution in [0, 0.1) is 17.7 Å². The number of nitrogens with one attached hydrogen (secondary N) is 1. The summed E-state index contributed by atoms with van der Waals surface area (Å²) < 4.78 is 15.9. The first-order valence-electron chi connectivity index (χ1n) is 13.5. The number of nitrogens with zero attached hydrogens (tertiary/aromatic N) is 1. The Morgan fingerprint density at radius 1 is 1.05 bits per heavy atom. The van der Waals surface area contributed by atoms with Gasteiger partial charge in [0.15, 0.2) is 11.4 Å². The third-order valence-electron chi connectivity index (χ3n) is 9.32. The van der Waals surface area contributed by atoms with Gasteiger partial charge in [0, 0.05) is 47.2 Å². The molecule has 2 fully saturated rings. The second kappa shape index (κ2) is 9.13. The summed E-state index contributed by atoms with van der Waals surface area (Å²) >= 11 is 0. The van der Waals surface area contributed by atoms with Gasteiger partial charge in [-0.05, 0) is 31.6 Å². The van der Waals surface area contributed by atoms with E-state index in [9.17, 15) is 39.6 Å². The van der Waals surface area contributed by atoms with Crippen LogP contribution < -0.4 is 11.1 Å². The van der Waals surface area contributed by atoms with Crippen LogP contribution >= 0.6 is 0 Å². The quantitative estimate of drug-likeness (QED) is 0.294. The average Bonchev–Trinajstić information content (AvgIpc) is 3.58. The van der Waals surface area contributed by atoms with E-state index in [-0.39, 0.29) is 72.3 Å². The molecule has 7 N–H and O–H groups in total. The highest BCUT2D eigenvalue weighted by atomic mass is 19.1. The predicted octanol–water partition coefficient (Wildman–Crippen LogP) is 0.937. The predicted molar refractivity (Wildman–Crippen MR) is 136 cm³/mol. The third-order valence-corrected chi connectivity index (χ3v) is 9.32. The van der Waals surface area contributed by atoms with Gasteiger partial charge in [-0.1, -0.05) is 12.8 Å². The summed E-state index contributed by atoms with van der Waals surface area (Å²) in [4.78, 5) is 52.2. The molecule has 1 aromatic carbocycles. The lowest BCUT2D eigenvalue weighted by molar-refractivity contribution is -0.147. The molecule has 40 heavy (non-hydrogen) atoms. The van der Waals surface area contributed by atoms with Crippen molar-refractivity contribution in [3.8, 4) is 5.75 Å². The number of aliphatic hydroxyl groups is 3. The molecule has 0 aromatic heterocycles. The normalized spacial score (nSPS) is 28.0. The molecule has 1 aromatic rings. The minimum atomic E-state index is -2.68. The molecular formula is C28H30FN3O8. The summed E-state index contributed by atoms with van der Waals surface area (Å²) in [6.07, 6.45) is 3.52. The number of amides is 2. The number of aliphatic hydroxyl groups excluding tert-OH is 2. The van der Waals surface area contributed by atoms with Crippen molar-refractivity contribution in [2.45, 2.75) is 69.7 Å². The van der Waals surface area contributed by atoms with Crippen LogP contribution in [0.25, 0.3) is 5.76 Å². The van der Waals surface area contributed by atoms with E-state index < -0.39 is 70.0 Å². The molecular weight excluding hydrogens is 525 g/mol. The van der Waals surface area contributed by atoms with Crippen LogP contribution in [0.5, 0.6) is 5.75 Å². The lowest BCUT2D eigenvalue weighted by Crippen LogP contribution is -2.58. The molecule has 0 spiro atoms. The number of ketones is 2. The first-order chi connectivity index (χ1) is 18.9. The maximum Gasteiger partial charge on any atom is 0.255 e.